The van der Waals surface area contributed by atoms with E-state index in [9.17, 15) is 9.59 Å². The summed E-state index contributed by atoms with van der Waals surface area (Å²) in [6.07, 6.45) is 1.96. The third-order valence-electron chi connectivity index (χ3n) is 6.29. The molecule has 0 aliphatic heterocycles. The van der Waals surface area contributed by atoms with Crippen molar-refractivity contribution in [3.8, 4) is 0 Å². The largest absolute Gasteiger partial charge is 0.296 e. The molecule has 0 aliphatic carbocycles. The van der Waals surface area contributed by atoms with Crippen LogP contribution in [0.15, 0.2) is 72.8 Å². The molecule has 0 saturated carbocycles. The molecule has 0 fully saturated rings. The van der Waals surface area contributed by atoms with Crippen LogP contribution in [0.3, 0.4) is 0 Å². The number of benzene rings is 3. The Hall–Kier alpha value is -4.54. The first-order chi connectivity index (χ1) is 19.7. The van der Waals surface area contributed by atoms with Gasteiger partial charge in [-0.05, 0) is 61.2 Å². The van der Waals surface area contributed by atoms with Crippen molar-refractivity contribution < 1.29 is 9.59 Å². The lowest BCUT2D eigenvalue weighted by atomic mass is 10.0. The van der Waals surface area contributed by atoms with E-state index in [1.165, 1.54) is 28.2 Å². The summed E-state index contributed by atoms with van der Waals surface area (Å²) in [5, 5.41) is 24.6. The fourth-order valence-electron chi connectivity index (χ4n) is 3.87. The smallest absolute Gasteiger partial charge is 0.257 e. The maximum absolute atomic E-state index is 12.7. The van der Waals surface area contributed by atoms with Gasteiger partial charge in [0, 0.05) is 11.1 Å². The molecule has 5 aromatic rings. The lowest BCUT2D eigenvalue weighted by Crippen LogP contribution is -2.11. The van der Waals surface area contributed by atoms with Crippen LogP contribution in [0.1, 0.15) is 72.8 Å². The van der Waals surface area contributed by atoms with E-state index in [1.54, 1.807) is 24.3 Å². The molecule has 0 atom stereocenters. The van der Waals surface area contributed by atoms with Crippen molar-refractivity contribution in [2.45, 2.75) is 33.6 Å². The predicted molar refractivity (Wildman–Crippen MR) is 166 cm³/mol. The Morgan fingerprint density at radius 2 is 1.10 bits per heavy atom. The van der Waals surface area contributed by atoms with Crippen molar-refractivity contribution in [3.05, 3.63) is 116 Å². The highest BCUT2D eigenvalue weighted by molar-refractivity contribution is 7.19. The van der Waals surface area contributed by atoms with Gasteiger partial charge in [-0.3, -0.25) is 20.2 Å². The molecule has 0 bridgehead atoms. The van der Waals surface area contributed by atoms with Gasteiger partial charge in [0.25, 0.3) is 11.8 Å². The molecule has 206 valence electrons. The number of hydrogen-bond donors (Lipinski definition) is 2. The normalized spacial score (nSPS) is 10.9. The van der Waals surface area contributed by atoms with Crippen LogP contribution in [0.2, 0.25) is 0 Å². The second-order valence-electron chi connectivity index (χ2n) is 9.84. The van der Waals surface area contributed by atoms with Gasteiger partial charge in [0.05, 0.1) is 5.57 Å². The highest BCUT2D eigenvalue weighted by Gasteiger charge is 2.19. The van der Waals surface area contributed by atoms with E-state index < -0.39 is 0 Å². The minimum absolute atomic E-state index is 0.264. The van der Waals surface area contributed by atoms with E-state index in [1.807, 2.05) is 56.3 Å². The number of carbonyl (C=O) groups excluding carboxylic acids is 2. The zero-order valence-corrected chi connectivity index (χ0v) is 24.6. The second kappa shape index (κ2) is 12.3. The average Bonchev–Trinajstić information content (AvgIpc) is 3.62. The molecule has 10 heteroatoms. The topological polar surface area (TPSA) is 110 Å². The lowest BCUT2D eigenvalue weighted by Gasteiger charge is -2.06. The first-order valence-corrected chi connectivity index (χ1v) is 14.6. The summed E-state index contributed by atoms with van der Waals surface area (Å²) < 4.78 is 0. The van der Waals surface area contributed by atoms with Gasteiger partial charge >= 0.3 is 0 Å². The van der Waals surface area contributed by atoms with Gasteiger partial charge in [-0.2, -0.15) is 0 Å². The molecule has 2 aromatic heterocycles. The first kappa shape index (κ1) is 28.0. The highest BCUT2D eigenvalue weighted by Crippen LogP contribution is 2.33. The molecule has 0 saturated heterocycles. The molecule has 2 N–H and O–H groups in total. The molecule has 0 spiro atoms. The van der Waals surface area contributed by atoms with E-state index in [2.05, 4.69) is 57.0 Å². The fourth-order valence-corrected chi connectivity index (χ4v) is 5.45. The summed E-state index contributed by atoms with van der Waals surface area (Å²) in [6, 6.07) is 22.9. The third-order valence-corrected chi connectivity index (χ3v) is 8.04. The Labute approximate surface area is 246 Å². The number of aryl methyl sites for hydroxylation is 2. The molecule has 2 heterocycles. The summed E-state index contributed by atoms with van der Waals surface area (Å²) in [7, 11) is 0. The van der Waals surface area contributed by atoms with Crippen molar-refractivity contribution in [3.63, 3.8) is 0 Å². The summed E-state index contributed by atoms with van der Waals surface area (Å²) in [6.45, 7) is 8.24. The van der Waals surface area contributed by atoms with E-state index in [-0.39, 0.29) is 11.8 Å². The third kappa shape index (κ3) is 6.97. The fraction of sp³-hybridized carbons (Fsp3) is 0.161. The van der Waals surface area contributed by atoms with Crippen LogP contribution in [0.5, 0.6) is 0 Å². The SMILES string of the molecule is Cc1ccc(C(=O)Nc2nnc(C(=Cc3ccc(C(C)C)cc3)c3nnc(NC(=O)c4ccc(C)cc4)s3)s2)cc1. The van der Waals surface area contributed by atoms with Gasteiger partial charge in [-0.15, -0.1) is 20.4 Å². The molecule has 0 unspecified atom stereocenters. The van der Waals surface area contributed by atoms with Crippen molar-refractivity contribution in [1.82, 2.24) is 20.4 Å². The Balaban J connectivity index is 1.43. The number of anilines is 2. The number of aromatic nitrogens is 4. The van der Waals surface area contributed by atoms with E-state index >= 15 is 0 Å². The summed E-state index contributed by atoms with van der Waals surface area (Å²) in [5.41, 5.74) is 6.08. The van der Waals surface area contributed by atoms with Gasteiger partial charge in [0.2, 0.25) is 10.3 Å². The summed E-state index contributed by atoms with van der Waals surface area (Å²) in [4.78, 5) is 25.5. The van der Waals surface area contributed by atoms with Gasteiger partial charge in [0.15, 0.2) is 10.0 Å². The zero-order valence-electron chi connectivity index (χ0n) is 23.0. The summed E-state index contributed by atoms with van der Waals surface area (Å²) in [5.74, 6) is -0.114. The van der Waals surface area contributed by atoms with Crippen LogP contribution in [-0.2, 0) is 0 Å². The molecule has 2 amide bonds. The van der Waals surface area contributed by atoms with Crippen LogP contribution in [0, 0.1) is 13.8 Å². The average molecular weight is 581 g/mol. The van der Waals surface area contributed by atoms with E-state index in [0.29, 0.717) is 42.9 Å². The lowest BCUT2D eigenvalue weighted by molar-refractivity contribution is 0.101. The van der Waals surface area contributed by atoms with Gasteiger partial charge in [0.1, 0.15) is 0 Å². The van der Waals surface area contributed by atoms with Crippen LogP contribution < -0.4 is 10.6 Å². The van der Waals surface area contributed by atoms with Crippen molar-refractivity contribution >= 4 is 56.4 Å². The Bertz CT molecular complexity index is 1600. The molecule has 5 rings (SSSR count). The van der Waals surface area contributed by atoms with Crippen molar-refractivity contribution in [2.24, 2.45) is 0 Å². The predicted octanol–water partition coefficient (Wildman–Crippen LogP) is 7.22. The second-order valence-corrected chi connectivity index (χ2v) is 11.8. The number of rotatable bonds is 8. The minimum atomic E-state index is -0.264. The van der Waals surface area contributed by atoms with E-state index in [0.717, 1.165) is 16.7 Å². The van der Waals surface area contributed by atoms with Crippen LogP contribution in [0.4, 0.5) is 10.3 Å². The Morgan fingerprint density at radius 1 is 0.659 bits per heavy atom. The van der Waals surface area contributed by atoms with Crippen LogP contribution in [0.25, 0.3) is 11.6 Å². The van der Waals surface area contributed by atoms with Crippen molar-refractivity contribution in [1.29, 1.82) is 0 Å². The quantitative estimate of drug-likeness (QED) is 0.200. The number of nitrogens with zero attached hydrogens (tertiary/aromatic N) is 4. The molecular weight excluding hydrogens is 553 g/mol. The Morgan fingerprint density at radius 3 is 1.51 bits per heavy atom. The number of nitrogens with one attached hydrogen (secondary N) is 2. The van der Waals surface area contributed by atoms with Gasteiger partial charge in [-0.25, -0.2) is 0 Å². The maximum atomic E-state index is 12.7. The molecule has 41 heavy (non-hydrogen) atoms. The highest BCUT2D eigenvalue weighted by atomic mass is 32.1. The molecule has 3 aromatic carbocycles. The standard InChI is InChI=1S/C31H28N6O2S2/c1-18(2)22-15-9-21(10-16-22)17-25(28-34-36-30(40-28)32-26(38)23-11-5-19(3)6-12-23)29-35-37-31(41-29)33-27(39)24-13-7-20(4)8-14-24/h5-18H,1-4H3,(H,32,36,38)(H,33,37,39). The minimum Gasteiger partial charge on any atom is -0.296 e. The van der Waals surface area contributed by atoms with Gasteiger partial charge < -0.3 is 0 Å². The Kier molecular flexibility index (Phi) is 8.42. The van der Waals surface area contributed by atoms with Crippen LogP contribution >= 0.6 is 22.7 Å². The molecule has 8 nitrogen and oxygen atoms in total. The maximum Gasteiger partial charge on any atom is 0.257 e. The van der Waals surface area contributed by atoms with Crippen molar-refractivity contribution in [2.75, 3.05) is 10.6 Å². The molecular formula is C31H28N6O2S2. The van der Waals surface area contributed by atoms with Crippen LogP contribution in [-0.4, -0.2) is 32.2 Å². The van der Waals surface area contributed by atoms with E-state index in [4.69, 9.17) is 0 Å². The number of carbonyl (C=O) groups is 2. The van der Waals surface area contributed by atoms with Gasteiger partial charge in [-0.1, -0.05) is 96.2 Å². The molecule has 0 radical (unpaired) electrons. The number of hydrogen-bond acceptors (Lipinski definition) is 8. The zero-order chi connectivity index (χ0) is 28.9. The number of amides is 2. The summed E-state index contributed by atoms with van der Waals surface area (Å²) >= 11 is 2.48. The molecule has 0 aliphatic rings. The first-order valence-electron chi connectivity index (χ1n) is 13.0. The monoisotopic (exact) mass is 580 g/mol.